The van der Waals surface area contributed by atoms with Gasteiger partial charge in [0.2, 0.25) is 5.91 Å². The molecule has 16 heavy (non-hydrogen) atoms. The lowest BCUT2D eigenvalue weighted by Crippen LogP contribution is -2.43. The largest absolute Gasteiger partial charge is 0.480 e. The third-order valence-corrected chi connectivity index (χ3v) is 3.02. The number of carboxylic acid groups (broad SMARTS) is 1. The van der Waals surface area contributed by atoms with Crippen molar-refractivity contribution < 1.29 is 14.7 Å². The normalized spacial score (nSPS) is 14.1. The van der Waals surface area contributed by atoms with E-state index in [1.165, 1.54) is 6.92 Å². The highest BCUT2D eigenvalue weighted by atomic mass is 79.9. The lowest BCUT2D eigenvalue weighted by molar-refractivity contribution is -0.153. The van der Waals surface area contributed by atoms with Crippen LogP contribution in [-0.2, 0) is 16.0 Å². The SMILES string of the molecule is CC(Cc1ccc(Br)cc1)(C(N)=O)C(=O)O. The molecule has 1 aromatic rings. The van der Waals surface area contributed by atoms with Gasteiger partial charge >= 0.3 is 5.97 Å². The zero-order chi connectivity index (χ0) is 12.3. The number of benzene rings is 1. The van der Waals surface area contributed by atoms with Gasteiger partial charge in [0, 0.05) is 4.47 Å². The summed E-state index contributed by atoms with van der Waals surface area (Å²) in [6, 6.07) is 7.10. The minimum Gasteiger partial charge on any atom is -0.480 e. The van der Waals surface area contributed by atoms with Gasteiger partial charge in [-0.05, 0) is 31.0 Å². The molecule has 0 radical (unpaired) electrons. The van der Waals surface area contributed by atoms with E-state index in [-0.39, 0.29) is 6.42 Å². The van der Waals surface area contributed by atoms with Gasteiger partial charge in [0.1, 0.15) is 5.41 Å². The van der Waals surface area contributed by atoms with Gasteiger partial charge in [-0.15, -0.1) is 0 Å². The Balaban J connectivity index is 2.97. The standard InChI is InChI=1S/C11H12BrNO3/c1-11(9(13)14,10(15)16)6-7-2-4-8(12)5-3-7/h2-5H,6H2,1H3,(H2,13,14)(H,15,16). The van der Waals surface area contributed by atoms with Crippen molar-refractivity contribution in [2.45, 2.75) is 13.3 Å². The fourth-order valence-electron chi connectivity index (χ4n) is 1.28. The van der Waals surface area contributed by atoms with Crippen LogP contribution in [0.1, 0.15) is 12.5 Å². The van der Waals surface area contributed by atoms with Gasteiger partial charge in [0.05, 0.1) is 0 Å². The number of hydrogen-bond donors (Lipinski definition) is 2. The number of carbonyl (C=O) groups excluding carboxylic acids is 1. The van der Waals surface area contributed by atoms with E-state index < -0.39 is 17.3 Å². The Morgan fingerprint density at radius 2 is 1.88 bits per heavy atom. The van der Waals surface area contributed by atoms with Crippen LogP contribution in [0.15, 0.2) is 28.7 Å². The maximum atomic E-state index is 11.2. The van der Waals surface area contributed by atoms with Gasteiger partial charge in [-0.2, -0.15) is 0 Å². The third-order valence-electron chi connectivity index (χ3n) is 2.49. The third kappa shape index (κ3) is 2.61. The molecule has 0 bridgehead atoms. The first-order chi connectivity index (χ1) is 7.36. The zero-order valence-corrected chi connectivity index (χ0v) is 10.3. The van der Waals surface area contributed by atoms with E-state index in [1.54, 1.807) is 24.3 Å². The van der Waals surface area contributed by atoms with Gasteiger partial charge in [-0.1, -0.05) is 28.1 Å². The highest BCUT2D eigenvalue weighted by Crippen LogP contribution is 2.23. The molecule has 86 valence electrons. The van der Waals surface area contributed by atoms with Crippen LogP contribution in [0, 0.1) is 5.41 Å². The second-order valence-corrected chi connectivity index (χ2v) is 4.72. The first-order valence-corrected chi connectivity index (χ1v) is 5.43. The molecule has 0 aliphatic rings. The molecule has 0 heterocycles. The number of nitrogens with two attached hydrogens (primary N) is 1. The molecule has 0 saturated carbocycles. The first-order valence-electron chi connectivity index (χ1n) is 4.64. The van der Waals surface area contributed by atoms with Crippen LogP contribution in [0.2, 0.25) is 0 Å². The molecule has 1 aromatic carbocycles. The van der Waals surface area contributed by atoms with Crippen molar-refractivity contribution in [3.63, 3.8) is 0 Å². The number of rotatable bonds is 4. The summed E-state index contributed by atoms with van der Waals surface area (Å²) in [6.45, 7) is 1.33. The van der Waals surface area contributed by atoms with Crippen molar-refractivity contribution in [1.29, 1.82) is 0 Å². The van der Waals surface area contributed by atoms with Crippen molar-refractivity contribution in [2.75, 3.05) is 0 Å². The van der Waals surface area contributed by atoms with E-state index >= 15 is 0 Å². The van der Waals surface area contributed by atoms with Crippen molar-refractivity contribution in [3.05, 3.63) is 34.3 Å². The summed E-state index contributed by atoms with van der Waals surface area (Å²) in [5.41, 5.74) is 4.32. The summed E-state index contributed by atoms with van der Waals surface area (Å²) in [4.78, 5) is 22.2. The van der Waals surface area contributed by atoms with Crippen LogP contribution in [0.4, 0.5) is 0 Å². The van der Waals surface area contributed by atoms with Crippen molar-refractivity contribution >= 4 is 27.8 Å². The predicted molar refractivity (Wildman–Crippen MR) is 62.8 cm³/mol. The van der Waals surface area contributed by atoms with Gasteiger partial charge in [0.25, 0.3) is 0 Å². The average molecular weight is 286 g/mol. The summed E-state index contributed by atoms with van der Waals surface area (Å²) < 4.78 is 0.896. The number of aliphatic carboxylic acids is 1. The summed E-state index contributed by atoms with van der Waals surface area (Å²) in [7, 11) is 0. The Kier molecular flexibility index (Phi) is 3.70. The maximum absolute atomic E-state index is 11.2. The number of carbonyl (C=O) groups is 2. The van der Waals surface area contributed by atoms with Crippen LogP contribution >= 0.6 is 15.9 Å². The van der Waals surface area contributed by atoms with Crippen LogP contribution < -0.4 is 5.73 Å². The van der Waals surface area contributed by atoms with Crippen LogP contribution in [0.25, 0.3) is 0 Å². The number of halogens is 1. The molecule has 1 amide bonds. The molecule has 0 fully saturated rings. The fraction of sp³-hybridized carbons (Fsp3) is 0.273. The van der Waals surface area contributed by atoms with Gasteiger partial charge in [-0.25, -0.2) is 0 Å². The van der Waals surface area contributed by atoms with Crippen molar-refractivity contribution in [3.8, 4) is 0 Å². The Hall–Kier alpha value is -1.36. The zero-order valence-electron chi connectivity index (χ0n) is 8.74. The Morgan fingerprint density at radius 1 is 1.38 bits per heavy atom. The Labute approximate surface area is 102 Å². The van der Waals surface area contributed by atoms with E-state index in [4.69, 9.17) is 10.8 Å². The molecule has 0 saturated heterocycles. The molecular formula is C11H12BrNO3. The molecule has 1 atom stereocenters. The van der Waals surface area contributed by atoms with Crippen LogP contribution in [0.3, 0.4) is 0 Å². The number of primary amides is 1. The molecule has 4 nitrogen and oxygen atoms in total. The smallest absolute Gasteiger partial charge is 0.319 e. The van der Waals surface area contributed by atoms with E-state index in [0.29, 0.717) is 0 Å². The lowest BCUT2D eigenvalue weighted by Gasteiger charge is -2.20. The maximum Gasteiger partial charge on any atom is 0.319 e. The molecular weight excluding hydrogens is 274 g/mol. The second kappa shape index (κ2) is 4.65. The average Bonchev–Trinajstić information content (AvgIpc) is 2.20. The summed E-state index contributed by atoms with van der Waals surface area (Å²) in [6.07, 6.45) is 0.0882. The number of hydrogen-bond acceptors (Lipinski definition) is 2. The molecule has 0 aliphatic carbocycles. The topological polar surface area (TPSA) is 80.4 Å². The Bertz CT molecular complexity index is 400. The fourth-order valence-corrected chi connectivity index (χ4v) is 1.54. The van der Waals surface area contributed by atoms with Gasteiger partial charge in [-0.3, -0.25) is 9.59 Å². The molecule has 0 aliphatic heterocycles. The van der Waals surface area contributed by atoms with Crippen molar-refractivity contribution in [1.82, 2.24) is 0 Å². The van der Waals surface area contributed by atoms with E-state index in [0.717, 1.165) is 10.0 Å². The number of amides is 1. The quantitative estimate of drug-likeness (QED) is 0.824. The minimum absolute atomic E-state index is 0.0882. The molecule has 3 N–H and O–H groups in total. The molecule has 1 unspecified atom stereocenters. The van der Waals surface area contributed by atoms with Crippen LogP contribution in [-0.4, -0.2) is 17.0 Å². The van der Waals surface area contributed by atoms with Gasteiger partial charge in [0.15, 0.2) is 0 Å². The monoisotopic (exact) mass is 285 g/mol. The minimum atomic E-state index is -1.56. The molecule has 0 spiro atoms. The van der Waals surface area contributed by atoms with E-state index in [9.17, 15) is 9.59 Å². The highest BCUT2D eigenvalue weighted by Gasteiger charge is 2.39. The highest BCUT2D eigenvalue weighted by molar-refractivity contribution is 9.10. The molecule has 5 heteroatoms. The molecule has 0 aromatic heterocycles. The summed E-state index contributed by atoms with van der Waals surface area (Å²) in [5, 5.41) is 9.01. The summed E-state index contributed by atoms with van der Waals surface area (Å²) >= 11 is 3.27. The molecule has 1 rings (SSSR count). The van der Waals surface area contributed by atoms with Gasteiger partial charge < -0.3 is 10.8 Å². The summed E-state index contributed by atoms with van der Waals surface area (Å²) in [5.74, 6) is -2.04. The lowest BCUT2D eigenvalue weighted by atomic mass is 9.83. The first kappa shape index (κ1) is 12.7. The number of carboxylic acids is 1. The van der Waals surface area contributed by atoms with Crippen molar-refractivity contribution in [2.24, 2.45) is 11.1 Å². The van der Waals surface area contributed by atoms with E-state index in [2.05, 4.69) is 15.9 Å². The second-order valence-electron chi connectivity index (χ2n) is 3.80. The predicted octanol–water partition coefficient (Wildman–Crippen LogP) is 1.57. The van der Waals surface area contributed by atoms with E-state index in [1.807, 2.05) is 0 Å². The Morgan fingerprint density at radius 3 is 2.25 bits per heavy atom. The van der Waals surface area contributed by atoms with Crippen LogP contribution in [0.5, 0.6) is 0 Å².